The van der Waals surface area contributed by atoms with Crippen molar-refractivity contribution < 1.29 is 9.53 Å². The predicted octanol–water partition coefficient (Wildman–Crippen LogP) is 2.84. The molecule has 2 aromatic rings. The van der Waals surface area contributed by atoms with Gasteiger partial charge in [-0.3, -0.25) is 4.99 Å². The largest absolute Gasteiger partial charge is 0.465 e. The van der Waals surface area contributed by atoms with Gasteiger partial charge in [-0.25, -0.2) is 9.78 Å². The second-order valence-corrected chi connectivity index (χ2v) is 7.73. The van der Waals surface area contributed by atoms with E-state index in [1.54, 1.807) is 12.1 Å². The molecular formula is C21H31IN6O2S. The molecule has 1 aliphatic rings. The molecule has 1 saturated heterocycles. The lowest BCUT2D eigenvalue weighted by Gasteiger charge is -2.36. The highest BCUT2D eigenvalue weighted by atomic mass is 127. The molecule has 31 heavy (non-hydrogen) atoms. The van der Waals surface area contributed by atoms with Gasteiger partial charge in [0.05, 0.1) is 12.7 Å². The summed E-state index contributed by atoms with van der Waals surface area (Å²) in [6.07, 6.45) is 1.69. The topological polar surface area (TPSA) is 83.0 Å². The fraction of sp³-hybridized carbons (Fsp3) is 0.524. The quantitative estimate of drug-likeness (QED) is 0.242. The summed E-state index contributed by atoms with van der Waals surface area (Å²) >= 11 is 1.49. The molecule has 1 aromatic carbocycles. The van der Waals surface area contributed by atoms with Crippen LogP contribution in [0.25, 0.3) is 0 Å². The van der Waals surface area contributed by atoms with E-state index in [9.17, 15) is 4.79 Å². The summed E-state index contributed by atoms with van der Waals surface area (Å²) in [6, 6.07) is 7.51. The Balaban J connectivity index is 0.00000341. The Bertz CT molecular complexity index is 850. The molecule has 1 fully saturated rings. The lowest BCUT2D eigenvalue weighted by molar-refractivity contribution is 0.0600. The number of nitrogens with zero attached hydrogens (tertiary/aromatic N) is 5. The van der Waals surface area contributed by atoms with Crippen molar-refractivity contribution >= 4 is 52.6 Å². The van der Waals surface area contributed by atoms with Crippen molar-refractivity contribution in [2.45, 2.75) is 26.7 Å². The second kappa shape index (κ2) is 12.8. The van der Waals surface area contributed by atoms with Crippen LogP contribution in [-0.4, -0.2) is 72.6 Å². The maximum atomic E-state index is 11.5. The average Bonchev–Trinajstić information content (AvgIpc) is 3.28. The van der Waals surface area contributed by atoms with Crippen LogP contribution in [0.15, 0.2) is 29.3 Å². The number of aromatic nitrogens is 2. The smallest absolute Gasteiger partial charge is 0.337 e. The second-order valence-electron chi connectivity index (χ2n) is 6.99. The monoisotopic (exact) mass is 558 g/mol. The summed E-state index contributed by atoms with van der Waals surface area (Å²) in [4.78, 5) is 25.6. The molecule has 3 rings (SSSR count). The summed E-state index contributed by atoms with van der Waals surface area (Å²) in [5.41, 5.74) is 1.72. The standard InChI is InChI=1S/C21H30N6O2S.HI/c1-4-18-24-21(30-25-18)27-14-12-26(13-15-27)20(22-5-2)23-11-10-16-6-8-17(9-7-16)19(28)29-3;/h6-9H,4-5,10-15H2,1-3H3,(H,22,23);1H. The van der Waals surface area contributed by atoms with Crippen LogP contribution in [0.5, 0.6) is 0 Å². The number of aryl methyl sites for hydroxylation is 1. The summed E-state index contributed by atoms with van der Waals surface area (Å²) in [5.74, 6) is 1.56. The van der Waals surface area contributed by atoms with E-state index in [1.165, 1.54) is 18.6 Å². The third kappa shape index (κ3) is 7.03. The molecule has 1 aromatic heterocycles. The first kappa shape index (κ1) is 25.3. The number of esters is 1. The van der Waals surface area contributed by atoms with E-state index in [4.69, 9.17) is 9.73 Å². The third-order valence-electron chi connectivity index (χ3n) is 5.00. The van der Waals surface area contributed by atoms with Crippen LogP contribution in [0.4, 0.5) is 5.13 Å². The molecule has 0 spiro atoms. The molecule has 10 heteroatoms. The van der Waals surface area contributed by atoms with E-state index in [0.717, 1.165) is 68.0 Å². The molecule has 8 nitrogen and oxygen atoms in total. The number of anilines is 1. The highest BCUT2D eigenvalue weighted by Crippen LogP contribution is 2.19. The Morgan fingerprint density at radius 3 is 2.48 bits per heavy atom. The first-order valence-electron chi connectivity index (χ1n) is 10.4. The van der Waals surface area contributed by atoms with Crippen molar-refractivity contribution in [3.63, 3.8) is 0 Å². The zero-order valence-corrected chi connectivity index (χ0v) is 21.5. The van der Waals surface area contributed by atoms with E-state index in [0.29, 0.717) is 12.1 Å². The van der Waals surface area contributed by atoms with Crippen LogP contribution in [-0.2, 0) is 17.6 Å². The van der Waals surface area contributed by atoms with Crippen molar-refractivity contribution in [2.75, 3.05) is 51.3 Å². The van der Waals surface area contributed by atoms with Gasteiger partial charge in [0.15, 0.2) is 5.96 Å². The van der Waals surface area contributed by atoms with Crippen molar-refractivity contribution in [3.05, 3.63) is 41.2 Å². The fourth-order valence-electron chi connectivity index (χ4n) is 3.27. The van der Waals surface area contributed by atoms with E-state index in [-0.39, 0.29) is 29.9 Å². The summed E-state index contributed by atoms with van der Waals surface area (Å²) in [7, 11) is 1.39. The van der Waals surface area contributed by atoms with E-state index >= 15 is 0 Å². The van der Waals surface area contributed by atoms with Gasteiger partial charge >= 0.3 is 5.97 Å². The van der Waals surface area contributed by atoms with Gasteiger partial charge in [-0.2, -0.15) is 4.37 Å². The molecule has 0 radical (unpaired) electrons. The highest BCUT2D eigenvalue weighted by Gasteiger charge is 2.22. The van der Waals surface area contributed by atoms with Crippen LogP contribution in [0, 0.1) is 0 Å². The van der Waals surface area contributed by atoms with Gasteiger partial charge in [0.25, 0.3) is 0 Å². The lowest BCUT2D eigenvalue weighted by Crippen LogP contribution is -2.52. The van der Waals surface area contributed by atoms with Gasteiger partial charge in [0, 0.05) is 57.2 Å². The Morgan fingerprint density at radius 1 is 1.19 bits per heavy atom. The number of ether oxygens (including phenoxy) is 1. The number of nitrogens with one attached hydrogen (secondary N) is 1. The molecule has 170 valence electrons. The summed E-state index contributed by atoms with van der Waals surface area (Å²) in [5, 5.41) is 4.43. The molecule has 0 amide bonds. The van der Waals surface area contributed by atoms with Gasteiger partial charge < -0.3 is 19.9 Å². The van der Waals surface area contributed by atoms with E-state index < -0.39 is 0 Å². The predicted molar refractivity (Wildman–Crippen MR) is 136 cm³/mol. The normalized spacial score (nSPS) is 14.2. The molecule has 0 bridgehead atoms. The van der Waals surface area contributed by atoms with Crippen LogP contribution < -0.4 is 10.2 Å². The van der Waals surface area contributed by atoms with Crippen molar-refractivity contribution in [2.24, 2.45) is 4.99 Å². The van der Waals surface area contributed by atoms with Gasteiger partial charge in [0.1, 0.15) is 5.82 Å². The minimum absolute atomic E-state index is 0. The van der Waals surface area contributed by atoms with Crippen LogP contribution >= 0.6 is 35.5 Å². The summed E-state index contributed by atoms with van der Waals surface area (Å²) in [6.45, 7) is 9.33. The molecule has 1 N–H and O–H groups in total. The number of carbonyl (C=O) groups excluding carboxylic acids is 1. The van der Waals surface area contributed by atoms with E-state index in [1.807, 2.05) is 12.1 Å². The first-order valence-corrected chi connectivity index (χ1v) is 11.2. The highest BCUT2D eigenvalue weighted by molar-refractivity contribution is 14.0. The first-order chi connectivity index (χ1) is 14.6. The molecule has 0 atom stereocenters. The number of carbonyl (C=O) groups is 1. The lowest BCUT2D eigenvalue weighted by atomic mass is 10.1. The number of aliphatic imine (C=N–C) groups is 1. The number of benzene rings is 1. The number of guanidine groups is 1. The number of methoxy groups -OCH3 is 1. The van der Waals surface area contributed by atoms with Crippen LogP contribution in [0.2, 0.25) is 0 Å². The number of hydrogen-bond donors (Lipinski definition) is 1. The average molecular weight is 558 g/mol. The molecule has 0 unspecified atom stereocenters. The molecule has 1 aliphatic heterocycles. The van der Waals surface area contributed by atoms with Gasteiger partial charge in [-0.15, -0.1) is 24.0 Å². The Morgan fingerprint density at radius 2 is 1.90 bits per heavy atom. The van der Waals surface area contributed by atoms with Crippen LogP contribution in [0.3, 0.4) is 0 Å². The van der Waals surface area contributed by atoms with Gasteiger partial charge in [-0.05, 0) is 31.0 Å². The molecule has 2 heterocycles. The third-order valence-corrected chi connectivity index (χ3v) is 5.81. The minimum atomic E-state index is -0.312. The molecular weight excluding hydrogens is 527 g/mol. The number of hydrogen-bond acceptors (Lipinski definition) is 7. The Hall–Kier alpha value is -1.95. The number of piperazine rings is 1. The number of rotatable bonds is 7. The van der Waals surface area contributed by atoms with Crippen molar-refractivity contribution in [1.29, 1.82) is 0 Å². The SMILES string of the molecule is CCNC(=NCCc1ccc(C(=O)OC)cc1)N1CCN(c2nc(CC)ns2)CC1.I. The Kier molecular flexibility index (Phi) is 10.4. The maximum Gasteiger partial charge on any atom is 0.337 e. The van der Waals surface area contributed by atoms with Crippen molar-refractivity contribution in [3.8, 4) is 0 Å². The number of halogens is 1. The molecule has 0 saturated carbocycles. The molecule has 0 aliphatic carbocycles. The van der Waals surface area contributed by atoms with Crippen LogP contribution in [0.1, 0.15) is 35.6 Å². The maximum absolute atomic E-state index is 11.5. The fourth-order valence-corrected chi connectivity index (χ4v) is 4.07. The van der Waals surface area contributed by atoms with Gasteiger partial charge in [-0.1, -0.05) is 19.1 Å². The van der Waals surface area contributed by atoms with Crippen molar-refractivity contribution in [1.82, 2.24) is 19.6 Å². The zero-order chi connectivity index (χ0) is 21.3. The summed E-state index contributed by atoms with van der Waals surface area (Å²) < 4.78 is 9.14. The van der Waals surface area contributed by atoms with Gasteiger partial charge in [0.2, 0.25) is 5.13 Å². The zero-order valence-electron chi connectivity index (χ0n) is 18.3. The Labute approximate surface area is 205 Å². The van der Waals surface area contributed by atoms with E-state index in [2.05, 4.69) is 38.3 Å². The minimum Gasteiger partial charge on any atom is -0.465 e.